The Hall–Kier alpha value is -1.45. The maximum absolute atomic E-state index is 12.4. The van der Waals surface area contributed by atoms with Crippen LogP contribution in [0.3, 0.4) is 0 Å². The molecule has 0 spiro atoms. The maximum Gasteiger partial charge on any atom is 0.347 e. The van der Waals surface area contributed by atoms with Crippen molar-refractivity contribution in [3.8, 4) is 0 Å². The number of carbonyl (C=O) groups is 2. The third-order valence-electron chi connectivity index (χ3n) is 2.85. The summed E-state index contributed by atoms with van der Waals surface area (Å²) >= 11 is 0.845. The highest BCUT2D eigenvalue weighted by Gasteiger charge is 2.37. The van der Waals surface area contributed by atoms with Gasteiger partial charge in [-0.3, -0.25) is 4.79 Å². The Kier molecular flexibility index (Phi) is 3.61. The number of rotatable bonds is 3. The fourth-order valence-electron chi connectivity index (χ4n) is 1.87. The van der Waals surface area contributed by atoms with Crippen LogP contribution in [0.2, 0.25) is 0 Å². The van der Waals surface area contributed by atoms with Crippen molar-refractivity contribution in [2.45, 2.75) is 17.9 Å². The van der Waals surface area contributed by atoms with Crippen molar-refractivity contribution >= 4 is 33.2 Å². The molecule has 1 saturated heterocycles. The van der Waals surface area contributed by atoms with Crippen molar-refractivity contribution < 1.29 is 23.1 Å². The second-order valence-corrected chi connectivity index (χ2v) is 6.78. The van der Waals surface area contributed by atoms with E-state index >= 15 is 0 Å². The van der Waals surface area contributed by atoms with Gasteiger partial charge in [-0.05, 0) is 18.4 Å². The van der Waals surface area contributed by atoms with Gasteiger partial charge < -0.3 is 10.4 Å². The van der Waals surface area contributed by atoms with E-state index in [-0.39, 0.29) is 28.8 Å². The van der Waals surface area contributed by atoms with Crippen LogP contribution in [0.1, 0.15) is 16.6 Å². The molecule has 2 heterocycles. The summed E-state index contributed by atoms with van der Waals surface area (Å²) in [7, 11) is -3.97. The fraction of sp³-hybridized carbons (Fsp3) is 0.400. The van der Waals surface area contributed by atoms with Gasteiger partial charge in [-0.2, -0.15) is 4.31 Å². The molecule has 2 N–H and O–H groups in total. The second kappa shape index (κ2) is 4.91. The first-order valence-corrected chi connectivity index (χ1v) is 7.78. The number of carbonyl (C=O) groups excluding carboxylic acids is 1. The minimum absolute atomic E-state index is 0.129. The molecule has 1 amide bonds. The maximum atomic E-state index is 12.4. The van der Waals surface area contributed by atoms with Crippen LogP contribution < -0.4 is 5.32 Å². The number of amides is 1. The Morgan fingerprint density at radius 1 is 1.58 bits per heavy atom. The Balaban J connectivity index is 2.45. The highest BCUT2D eigenvalue weighted by molar-refractivity contribution is 7.89. The molecule has 1 aliphatic heterocycles. The van der Waals surface area contributed by atoms with Crippen LogP contribution in [0.5, 0.6) is 0 Å². The zero-order valence-corrected chi connectivity index (χ0v) is 11.6. The second-order valence-electron chi connectivity index (χ2n) is 4.00. The topological polar surface area (TPSA) is 104 Å². The van der Waals surface area contributed by atoms with Crippen molar-refractivity contribution in [2.24, 2.45) is 0 Å². The van der Waals surface area contributed by atoms with Gasteiger partial charge in [0.2, 0.25) is 15.9 Å². The van der Waals surface area contributed by atoms with Crippen LogP contribution in [-0.4, -0.2) is 48.8 Å². The number of hydrogen-bond donors (Lipinski definition) is 2. The van der Waals surface area contributed by atoms with E-state index in [2.05, 4.69) is 5.32 Å². The molecule has 19 heavy (non-hydrogen) atoms. The number of carboxylic acid groups (broad SMARTS) is 1. The van der Waals surface area contributed by atoms with E-state index in [0.29, 0.717) is 0 Å². The highest BCUT2D eigenvalue weighted by Crippen LogP contribution is 2.27. The van der Waals surface area contributed by atoms with Crippen molar-refractivity contribution in [1.29, 1.82) is 0 Å². The molecular formula is C10H12N2O5S2. The van der Waals surface area contributed by atoms with Crippen LogP contribution in [0.4, 0.5) is 0 Å². The van der Waals surface area contributed by atoms with Gasteiger partial charge >= 0.3 is 5.97 Å². The van der Waals surface area contributed by atoms with Crippen LogP contribution in [0, 0.1) is 0 Å². The lowest BCUT2D eigenvalue weighted by atomic mass is 10.2. The van der Waals surface area contributed by atoms with Gasteiger partial charge in [-0.15, -0.1) is 11.3 Å². The number of sulfonamides is 1. The van der Waals surface area contributed by atoms with Crippen molar-refractivity contribution in [2.75, 3.05) is 13.1 Å². The number of hydrogen-bond acceptors (Lipinski definition) is 5. The summed E-state index contributed by atoms with van der Waals surface area (Å²) in [5, 5.41) is 12.9. The first kappa shape index (κ1) is 14.0. The zero-order chi connectivity index (χ0) is 14.2. The number of nitrogens with one attached hydrogen (secondary N) is 1. The SMILES string of the molecule is CC1C(=O)NCCN1S(=O)(=O)c1ccsc1C(=O)O. The van der Waals surface area contributed by atoms with Crippen LogP contribution in [0.15, 0.2) is 16.3 Å². The lowest BCUT2D eigenvalue weighted by Gasteiger charge is -2.31. The van der Waals surface area contributed by atoms with Gasteiger partial charge in [0.15, 0.2) is 0 Å². The summed E-state index contributed by atoms with van der Waals surface area (Å²) in [6.07, 6.45) is 0. The summed E-state index contributed by atoms with van der Waals surface area (Å²) in [5.74, 6) is -1.68. The van der Waals surface area contributed by atoms with E-state index in [9.17, 15) is 18.0 Å². The molecule has 0 bridgehead atoms. The molecule has 0 aliphatic carbocycles. The Morgan fingerprint density at radius 3 is 2.89 bits per heavy atom. The summed E-state index contributed by atoms with van der Waals surface area (Å²) < 4.78 is 25.9. The van der Waals surface area contributed by atoms with E-state index in [1.165, 1.54) is 18.4 Å². The normalized spacial score (nSPS) is 21.1. The van der Waals surface area contributed by atoms with E-state index in [1.807, 2.05) is 0 Å². The average molecular weight is 304 g/mol. The zero-order valence-electron chi connectivity index (χ0n) is 9.99. The van der Waals surface area contributed by atoms with Crippen molar-refractivity contribution in [3.05, 3.63) is 16.3 Å². The molecule has 0 saturated carbocycles. The quantitative estimate of drug-likeness (QED) is 0.815. The van der Waals surface area contributed by atoms with Crippen LogP contribution >= 0.6 is 11.3 Å². The third kappa shape index (κ3) is 2.36. The monoisotopic (exact) mass is 304 g/mol. The summed E-state index contributed by atoms with van der Waals surface area (Å²) in [6.45, 7) is 1.82. The van der Waals surface area contributed by atoms with Gasteiger partial charge in [0.25, 0.3) is 0 Å². The highest BCUT2D eigenvalue weighted by atomic mass is 32.2. The molecular weight excluding hydrogens is 292 g/mol. The molecule has 1 atom stereocenters. The van der Waals surface area contributed by atoms with Gasteiger partial charge in [-0.25, -0.2) is 13.2 Å². The molecule has 0 radical (unpaired) electrons. The molecule has 7 nitrogen and oxygen atoms in total. The summed E-state index contributed by atoms with van der Waals surface area (Å²) in [5.41, 5.74) is 0. The third-order valence-corrected chi connectivity index (χ3v) is 5.90. The molecule has 1 aromatic heterocycles. The number of thiophene rings is 1. The summed E-state index contributed by atoms with van der Waals surface area (Å²) in [6, 6.07) is 0.406. The molecule has 1 unspecified atom stereocenters. The fourth-order valence-corrected chi connectivity index (χ4v) is 4.70. The van der Waals surface area contributed by atoms with Crippen LogP contribution in [-0.2, 0) is 14.8 Å². The lowest BCUT2D eigenvalue weighted by molar-refractivity contribution is -0.126. The van der Waals surface area contributed by atoms with Gasteiger partial charge in [0, 0.05) is 13.1 Å². The van der Waals surface area contributed by atoms with Crippen molar-refractivity contribution in [1.82, 2.24) is 9.62 Å². The largest absolute Gasteiger partial charge is 0.477 e. The van der Waals surface area contributed by atoms with Crippen LogP contribution in [0.25, 0.3) is 0 Å². The Labute approximate surface area is 113 Å². The molecule has 2 rings (SSSR count). The molecule has 9 heteroatoms. The molecule has 0 aromatic carbocycles. The number of piperazine rings is 1. The lowest BCUT2D eigenvalue weighted by Crippen LogP contribution is -2.55. The van der Waals surface area contributed by atoms with E-state index in [1.54, 1.807) is 0 Å². The predicted molar refractivity (Wildman–Crippen MR) is 67.6 cm³/mol. The number of aromatic carboxylic acids is 1. The molecule has 1 fully saturated rings. The molecule has 1 aliphatic rings. The summed E-state index contributed by atoms with van der Waals surface area (Å²) in [4.78, 5) is 22.0. The van der Waals surface area contributed by atoms with Crippen molar-refractivity contribution in [3.63, 3.8) is 0 Å². The molecule has 1 aromatic rings. The number of nitrogens with zero attached hydrogens (tertiary/aromatic N) is 1. The van der Waals surface area contributed by atoms with E-state index in [0.717, 1.165) is 15.6 Å². The van der Waals surface area contributed by atoms with Gasteiger partial charge in [-0.1, -0.05) is 0 Å². The Morgan fingerprint density at radius 2 is 2.26 bits per heavy atom. The first-order valence-electron chi connectivity index (χ1n) is 5.46. The van der Waals surface area contributed by atoms with Gasteiger partial charge in [0.05, 0.1) is 0 Å². The molecule has 104 valence electrons. The predicted octanol–water partition coefficient (Wildman–Crippen LogP) is -0.0447. The first-order chi connectivity index (χ1) is 8.85. The smallest absolute Gasteiger partial charge is 0.347 e. The minimum Gasteiger partial charge on any atom is -0.477 e. The van der Waals surface area contributed by atoms with E-state index < -0.39 is 22.0 Å². The Bertz CT molecular complexity index is 622. The average Bonchev–Trinajstić information content (AvgIpc) is 2.82. The number of carboxylic acids is 1. The van der Waals surface area contributed by atoms with E-state index in [4.69, 9.17) is 5.11 Å². The standard InChI is InChI=1S/C10H12N2O5S2/c1-6-9(13)11-3-4-12(6)19(16,17)7-2-5-18-8(7)10(14)15/h2,5-6H,3-4H2,1H3,(H,11,13)(H,14,15). The van der Waals surface area contributed by atoms with Gasteiger partial charge in [0.1, 0.15) is 15.8 Å². The minimum atomic E-state index is -3.97.